The average molecular weight is 411 g/mol. The van der Waals surface area contributed by atoms with E-state index in [-0.39, 0.29) is 11.9 Å². The lowest BCUT2D eigenvalue weighted by molar-refractivity contribution is -0.140. The van der Waals surface area contributed by atoms with E-state index in [0.717, 1.165) is 42.3 Å². The van der Waals surface area contributed by atoms with Crippen molar-refractivity contribution in [1.82, 2.24) is 0 Å². The quantitative estimate of drug-likeness (QED) is 0.364. The van der Waals surface area contributed by atoms with Crippen LogP contribution >= 0.6 is 0 Å². The van der Waals surface area contributed by atoms with Crippen LogP contribution < -0.4 is 4.74 Å². The molecule has 0 bridgehead atoms. The van der Waals surface area contributed by atoms with Gasteiger partial charge in [0, 0.05) is 0 Å². The molecule has 1 aromatic carbocycles. The molecule has 3 aliphatic carbocycles. The maximum Gasteiger partial charge on any atom is 0.314 e. The number of hydrogen-bond acceptors (Lipinski definition) is 2. The van der Waals surface area contributed by atoms with Crippen molar-refractivity contribution in [1.29, 1.82) is 0 Å². The van der Waals surface area contributed by atoms with Gasteiger partial charge in [-0.25, -0.2) is 0 Å². The summed E-state index contributed by atoms with van der Waals surface area (Å²) in [7, 11) is 0. The molecule has 3 fully saturated rings. The van der Waals surface area contributed by atoms with Crippen LogP contribution in [0.5, 0.6) is 5.75 Å². The molecule has 3 saturated carbocycles. The summed E-state index contributed by atoms with van der Waals surface area (Å²) in [6.45, 7) is 4.70. The summed E-state index contributed by atoms with van der Waals surface area (Å²) in [4.78, 5) is 12.7. The highest BCUT2D eigenvalue weighted by molar-refractivity contribution is 5.75. The smallest absolute Gasteiger partial charge is 0.314 e. The molecule has 0 spiro atoms. The van der Waals surface area contributed by atoms with Crippen LogP contribution in [0.3, 0.4) is 0 Å². The second kappa shape index (κ2) is 10.3. The van der Waals surface area contributed by atoms with Gasteiger partial charge < -0.3 is 4.74 Å². The molecule has 4 rings (SSSR count). The van der Waals surface area contributed by atoms with Crippen LogP contribution in [-0.2, 0) is 4.79 Å². The number of rotatable bonds is 5. The molecule has 30 heavy (non-hydrogen) atoms. The van der Waals surface area contributed by atoms with Crippen molar-refractivity contribution in [2.24, 2.45) is 29.6 Å². The van der Waals surface area contributed by atoms with E-state index in [1.54, 1.807) is 0 Å². The Labute approximate surface area is 184 Å². The Morgan fingerprint density at radius 3 is 1.93 bits per heavy atom. The highest BCUT2D eigenvalue weighted by Crippen LogP contribution is 2.42. The molecule has 0 saturated heterocycles. The molecule has 166 valence electrons. The molecule has 0 unspecified atom stereocenters. The Morgan fingerprint density at radius 1 is 0.800 bits per heavy atom. The van der Waals surface area contributed by atoms with Gasteiger partial charge in [-0.05, 0) is 98.7 Å². The van der Waals surface area contributed by atoms with Crippen molar-refractivity contribution in [2.75, 3.05) is 0 Å². The van der Waals surface area contributed by atoms with Gasteiger partial charge in [-0.15, -0.1) is 0 Å². The van der Waals surface area contributed by atoms with E-state index in [9.17, 15) is 4.79 Å². The van der Waals surface area contributed by atoms with Crippen LogP contribution in [0.25, 0.3) is 0 Å². The summed E-state index contributed by atoms with van der Waals surface area (Å²) in [6.07, 6.45) is 16.8. The van der Waals surface area contributed by atoms with Crippen LogP contribution in [0.2, 0.25) is 0 Å². The van der Waals surface area contributed by atoms with Crippen molar-refractivity contribution in [3.63, 3.8) is 0 Å². The van der Waals surface area contributed by atoms with Crippen LogP contribution in [0.4, 0.5) is 0 Å². The first kappa shape index (κ1) is 21.9. The zero-order chi connectivity index (χ0) is 20.9. The number of carbonyl (C=O) groups excluding carboxylic acids is 1. The Hall–Kier alpha value is -1.31. The lowest BCUT2D eigenvalue weighted by Gasteiger charge is -2.37. The fraction of sp³-hybridized carbons (Fsp3) is 0.750. The number of hydrogen-bond donors (Lipinski definition) is 0. The third-order valence-electron chi connectivity index (χ3n) is 8.83. The maximum absolute atomic E-state index is 12.7. The van der Waals surface area contributed by atoms with Crippen LogP contribution in [0.1, 0.15) is 109 Å². The van der Waals surface area contributed by atoms with Gasteiger partial charge in [0.25, 0.3) is 0 Å². The van der Waals surface area contributed by atoms with Crippen LogP contribution in [-0.4, -0.2) is 5.97 Å². The summed E-state index contributed by atoms with van der Waals surface area (Å²) in [6, 6.07) is 8.41. The highest BCUT2D eigenvalue weighted by Gasteiger charge is 2.33. The standard InChI is InChI=1S/C28H42O2/c1-3-21-6-10-23(11-7-21)24-12-14-26(15-13-24)28(29)30-27-18-16-25(17-19-27)22-8-4-20(2)5-9-22/h16-24,26H,3-15H2,1-2H3. The van der Waals surface area contributed by atoms with E-state index in [1.807, 2.05) is 12.1 Å². The topological polar surface area (TPSA) is 26.3 Å². The minimum Gasteiger partial charge on any atom is -0.426 e. The van der Waals surface area contributed by atoms with E-state index >= 15 is 0 Å². The molecule has 0 atom stereocenters. The molecular weight excluding hydrogens is 368 g/mol. The summed E-state index contributed by atoms with van der Waals surface area (Å²) in [5, 5.41) is 0. The molecule has 2 heteroatoms. The first-order chi connectivity index (χ1) is 14.6. The van der Waals surface area contributed by atoms with E-state index in [0.29, 0.717) is 5.92 Å². The molecule has 1 aromatic rings. The van der Waals surface area contributed by atoms with Gasteiger partial charge in [0.1, 0.15) is 5.75 Å². The van der Waals surface area contributed by atoms with Gasteiger partial charge >= 0.3 is 5.97 Å². The summed E-state index contributed by atoms with van der Waals surface area (Å²) >= 11 is 0. The molecule has 0 heterocycles. The minimum atomic E-state index is 0.00221. The highest BCUT2D eigenvalue weighted by atomic mass is 16.5. The fourth-order valence-corrected chi connectivity index (χ4v) is 6.50. The Kier molecular flexibility index (Phi) is 7.55. The molecule has 0 amide bonds. The van der Waals surface area contributed by atoms with Crippen molar-refractivity contribution in [3.05, 3.63) is 29.8 Å². The molecule has 0 N–H and O–H groups in total. The van der Waals surface area contributed by atoms with Gasteiger partial charge in [0.2, 0.25) is 0 Å². The summed E-state index contributed by atoms with van der Waals surface area (Å²) in [5.41, 5.74) is 1.42. The van der Waals surface area contributed by atoms with Gasteiger partial charge in [-0.2, -0.15) is 0 Å². The minimum absolute atomic E-state index is 0.00221. The third-order valence-corrected chi connectivity index (χ3v) is 8.83. The van der Waals surface area contributed by atoms with Gasteiger partial charge in [-0.1, -0.05) is 58.1 Å². The fourth-order valence-electron chi connectivity index (χ4n) is 6.50. The summed E-state index contributed by atoms with van der Waals surface area (Å²) < 4.78 is 5.78. The molecule has 2 nitrogen and oxygen atoms in total. The van der Waals surface area contributed by atoms with Crippen molar-refractivity contribution < 1.29 is 9.53 Å². The maximum atomic E-state index is 12.7. The molecule has 3 aliphatic rings. The van der Waals surface area contributed by atoms with Gasteiger partial charge in [0.05, 0.1) is 5.92 Å². The zero-order valence-corrected chi connectivity index (χ0v) is 19.3. The monoisotopic (exact) mass is 410 g/mol. The molecular formula is C28H42O2. The predicted molar refractivity (Wildman–Crippen MR) is 124 cm³/mol. The predicted octanol–water partition coefficient (Wildman–Crippen LogP) is 7.91. The summed E-state index contributed by atoms with van der Waals surface area (Å²) in [5.74, 6) is 5.14. The second-order valence-electron chi connectivity index (χ2n) is 10.7. The number of benzene rings is 1. The first-order valence-corrected chi connectivity index (χ1v) is 12.9. The molecule has 0 radical (unpaired) electrons. The van der Waals surface area contributed by atoms with E-state index < -0.39 is 0 Å². The zero-order valence-electron chi connectivity index (χ0n) is 19.3. The molecule has 0 aromatic heterocycles. The van der Waals surface area contributed by atoms with E-state index in [4.69, 9.17) is 4.74 Å². The van der Waals surface area contributed by atoms with Crippen molar-refractivity contribution >= 4 is 5.97 Å². The third kappa shape index (κ3) is 5.48. The number of esters is 1. The SMILES string of the molecule is CCC1CCC(C2CCC(C(=O)Oc3ccc(C4CCC(C)CC4)cc3)CC2)CC1. The van der Waals surface area contributed by atoms with Gasteiger partial charge in [0.15, 0.2) is 0 Å². The Bertz CT molecular complexity index is 654. The lowest BCUT2D eigenvalue weighted by atomic mass is 9.69. The molecule has 0 aliphatic heterocycles. The van der Waals surface area contributed by atoms with Gasteiger partial charge in [-0.3, -0.25) is 4.79 Å². The number of carbonyl (C=O) groups is 1. The van der Waals surface area contributed by atoms with Crippen molar-refractivity contribution in [2.45, 2.75) is 103 Å². The average Bonchev–Trinajstić information content (AvgIpc) is 2.80. The first-order valence-electron chi connectivity index (χ1n) is 12.9. The lowest BCUT2D eigenvalue weighted by Crippen LogP contribution is -2.30. The Morgan fingerprint density at radius 2 is 1.37 bits per heavy atom. The Balaban J connectivity index is 1.22. The van der Waals surface area contributed by atoms with Crippen molar-refractivity contribution in [3.8, 4) is 5.75 Å². The van der Waals surface area contributed by atoms with E-state index in [1.165, 1.54) is 76.2 Å². The number of ether oxygens (including phenoxy) is 1. The van der Waals surface area contributed by atoms with E-state index in [2.05, 4.69) is 26.0 Å². The largest absolute Gasteiger partial charge is 0.426 e. The van der Waals surface area contributed by atoms with Crippen LogP contribution in [0.15, 0.2) is 24.3 Å². The van der Waals surface area contributed by atoms with Crippen LogP contribution in [0, 0.1) is 29.6 Å². The second-order valence-corrected chi connectivity index (χ2v) is 10.7. The normalized spacial score (nSPS) is 35.0.